The fourth-order valence-corrected chi connectivity index (χ4v) is 4.02. The van der Waals surface area contributed by atoms with Crippen LogP contribution in [0.2, 0.25) is 0 Å². The normalized spacial score (nSPS) is 13.3. The van der Waals surface area contributed by atoms with Crippen LogP contribution in [0.4, 0.5) is 8.78 Å². The van der Waals surface area contributed by atoms with Crippen LogP contribution in [0.1, 0.15) is 29.7 Å². The number of fused-ring (bicyclic) bond motifs is 1. The van der Waals surface area contributed by atoms with E-state index in [0.29, 0.717) is 29.3 Å². The number of thioether (sulfide) groups is 1. The summed E-state index contributed by atoms with van der Waals surface area (Å²) in [6.45, 7) is 0.494. The highest BCUT2D eigenvalue weighted by Gasteiger charge is 2.21. The van der Waals surface area contributed by atoms with Crippen molar-refractivity contribution in [3.8, 4) is 0 Å². The average Bonchev–Trinajstić information content (AvgIpc) is 3.00. The number of aliphatic hydroxyl groups excluding tert-OH is 1. The molecule has 0 saturated carbocycles. The van der Waals surface area contributed by atoms with E-state index in [-0.39, 0.29) is 12.3 Å². The minimum absolute atomic E-state index is 0.0306. The Hall–Kier alpha value is -1.73. The first kappa shape index (κ1) is 17.1. The van der Waals surface area contributed by atoms with Crippen molar-refractivity contribution >= 4 is 11.8 Å². The largest absolute Gasteiger partial charge is 0.396 e. The summed E-state index contributed by atoms with van der Waals surface area (Å²) in [6, 6.07) is 3.42. The summed E-state index contributed by atoms with van der Waals surface area (Å²) in [5, 5.41) is 9.63. The summed E-state index contributed by atoms with van der Waals surface area (Å²) in [7, 11) is 0. The van der Waals surface area contributed by atoms with E-state index in [1.54, 1.807) is 4.57 Å². The number of hydrogen-bond donors (Lipinski definition) is 1. The quantitative estimate of drug-likeness (QED) is 0.642. The second-order valence-electron chi connectivity index (χ2n) is 5.77. The molecule has 1 aliphatic rings. The Morgan fingerprint density at radius 3 is 2.67 bits per heavy atom. The van der Waals surface area contributed by atoms with Gasteiger partial charge in [-0.3, -0.25) is 4.57 Å². The van der Waals surface area contributed by atoms with E-state index in [9.17, 15) is 13.6 Å². The molecule has 0 spiro atoms. The standard InChI is InChI=1S/C17H18F2N2O2S/c18-12-7-11(8-13(19)9-12)10-24-16-14-3-1-4-15(14)21(5-2-6-22)17(23)20-16/h7-9,22H,1-6,10H2. The maximum absolute atomic E-state index is 13.3. The van der Waals surface area contributed by atoms with Gasteiger partial charge in [0.15, 0.2) is 0 Å². The molecular formula is C17H18F2N2O2S. The van der Waals surface area contributed by atoms with Gasteiger partial charge in [0, 0.05) is 36.2 Å². The number of aliphatic hydroxyl groups is 1. The van der Waals surface area contributed by atoms with Gasteiger partial charge in [0.05, 0.1) is 0 Å². The highest BCUT2D eigenvalue weighted by atomic mass is 32.2. The van der Waals surface area contributed by atoms with Crippen molar-refractivity contribution in [2.45, 2.75) is 43.0 Å². The Balaban J connectivity index is 1.85. The van der Waals surface area contributed by atoms with Crippen LogP contribution < -0.4 is 5.69 Å². The zero-order chi connectivity index (χ0) is 17.1. The van der Waals surface area contributed by atoms with Crippen molar-refractivity contribution in [3.63, 3.8) is 0 Å². The van der Waals surface area contributed by atoms with Crippen LogP contribution in [0, 0.1) is 11.6 Å². The van der Waals surface area contributed by atoms with Crippen molar-refractivity contribution < 1.29 is 13.9 Å². The highest BCUT2D eigenvalue weighted by Crippen LogP contribution is 2.31. The molecule has 0 bridgehead atoms. The van der Waals surface area contributed by atoms with E-state index in [0.717, 1.165) is 36.6 Å². The van der Waals surface area contributed by atoms with Crippen LogP contribution >= 0.6 is 11.8 Å². The SMILES string of the molecule is O=c1nc(SCc2cc(F)cc(F)c2)c2c(n1CCCO)CCC2. The lowest BCUT2D eigenvalue weighted by atomic mass is 10.2. The van der Waals surface area contributed by atoms with Crippen LogP contribution in [-0.2, 0) is 25.1 Å². The smallest absolute Gasteiger partial charge is 0.348 e. The van der Waals surface area contributed by atoms with Gasteiger partial charge in [-0.2, -0.15) is 4.98 Å². The molecular weight excluding hydrogens is 334 g/mol. The molecule has 128 valence electrons. The number of rotatable bonds is 6. The zero-order valence-corrected chi connectivity index (χ0v) is 13.9. The summed E-state index contributed by atoms with van der Waals surface area (Å²) in [6.07, 6.45) is 3.15. The molecule has 0 fully saturated rings. The maximum Gasteiger partial charge on any atom is 0.348 e. The molecule has 3 rings (SSSR count). The van der Waals surface area contributed by atoms with Gasteiger partial charge >= 0.3 is 5.69 Å². The van der Waals surface area contributed by atoms with Crippen molar-refractivity contribution in [2.24, 2.45) is 0 Å². The molecule has 7 heteroatoms. The Morgan fingerprint density at radius 1 is 1.21 bits per heavy atom. The molecule has 4 nitrogen and oxygen atoms in total. The fourth-order valence-electron chi connectivity index (χ4n) is 3.01. The number of aromatic nitrogens is 2. The minimum atomic E-state index is -0.608. The minimum Gasteiger partial charge on any atom is -0.396 e. The summed E-state index contributed by atoms with van der Waals surface area (Å²) in [4.78, 5) is 16.4. The Kier molecular flexibility index (Phi) is 5.30. The lowest BCUT2D eigenvalue weighted by molar-refractivity contribution is 0.277. The van der Waals surface area contributed by atoms with Gasteiger partial charge in [0.1, 0.15) is 16.7 Å². The average molecular weight is 352 g/mol. The third-order valence-corrected chi connectivity index (χ3v) is 5.13. The number of benzene rings is 1. The molecule has 0 atom stereocenters. The van der Waals surface area contributed by atoms with Crippen molar-refractivity contribution in [1.29, 1.82) is 0 Å². The zero-order valence-electron chi connectivity index (χ0n) is 13.1. The molecule has 2 aromatic rings. The molecule has 1 aromatic heterocycles. The van der Waals surface area contributed by atoms with Gasteiger partial charge in [-0.15, -0.1) is 11.8 Å². The molecule has 0 aliphatic heterocycles. The van der Waals surface area contributed by atoms with Gasteiger partial charge < -0.3 is 5.11 Å². The van der Waals surface area contributed by atoms with E-state index in [1.165, 1.54) is 23.9 Å². The van der Waals surface area contributed by atoms with Gasteiger partial charge in [-0.1, -0.05) is 0 Å². The van der Waals surface area contributed by atoms with Crippen molar-refractivity contribution in [2.75, 3.05) is 6.61 Å². The third kappa shape index (κ3) is 3.67. The third-order valence-electron chi connectivity index (χ3n) is 4.04. The van der Waals surface area contributed by atoms with Crippen LogP contribution in [0.25, 0.3) is 0 Å². The lowest BCUT2D eigenvalue weighted by Crippen LogP contribution is -2.27. The summed E-state index contributed by atoms with van der Waals surface area (Å²) >= 11 is 1.34. The number of nitrogens with zero attached hydrogens (tertiary/aromatic N) is 2. The van der Waals surface area contributed by atoms with Gasteiger partial charge in [-0.25, -0.2) is 13.6 Å². The number of halogens is 2. The lowest BCUT2D eigenvalue weighted by Gasteiger charge is -2.13. The summed E-state index contributed by atoms with van der Waals surface area (Å²) < 4.78 is 28.2. The summed E-state index contributed by atoms with van der Waals surface area (Å²) in [5.41, 5.74) is 2.23. The van der Waals surface area contributed by atoms with E-state index >= 15 is 0 Å². The van der Waals surface area contributed by atoms with Crippen molar-refractivity contribution in [1.82, 2.24) is 9.55 Å². The number of hydrogen-bond acceptors (Lipinski definition) is 4. The topological polar surface area (TPSA) is 55.1 Å². The molecule has 0 radical (unpaired) electrons. The fraction of sp³-hybridized carbons (Fsp3) is 0.412. The molecule has 0 unspecified atom stereocenters. The van der Waals surface area contributed by atoms with E-state index < -0.39 is 11.6 Å². The highest BCUT2D eigenvalue weighted by molar-refractivity contribution is 7.98. The first-order chi connectivity index (χ1) is 11.6. The monoisotopic (exact) mass is 352 g/mol. The summed E-state index contributed by atoms with van der Waals surface area (Å²) in [5.74, 6) is -0.861. The van der Waals surface area contributed by atoms with Crippen molar-refractivity contribution in [3.05, 3.63) is 57.1 Å². The Morgan fingerprint density at radius 2 is 1.96 bits per heavy atom. The van der Waals surface area contributed by atoms with Gasteiger partial charge in [-0.05, 0) is 43.4 Å². The predicted octanol–water partition coefficient (Wildman–Crippen LogP) is 2.68. The van der Waals surface area contributed by atoms with Crippen LogP contribution in [0.5, 0.6) is 0 Å². The molecule has 1 aromatic carbocycles. The second-order valence-corrected chi connectivity index (χ2v) is 6.74. The second kappa shape index (κ2) is 7.44. The van der Waals surface area contributed by atoms with Crippen LogP contribution in [0.3, 0.4) is 0 Å². The van der Waals surface area contributed by atoms with E-state index in [2.05, 4.69) is 4.98 Å². The first-order valence-electron chi connectivity index (χ1n) is 7.89. The van der Waals surface area contributed by atoms with Crippen LogP contribution in [-0.4, -0.2) is 21.3 Å². The first-order valence-corrected chi connectivity index (χ1v) is 8.88. The maximum atomic E-state index is 13.3. The Labute approximate surface area is 142 Å². The van der Waals surface area contributed by atoms with Gasteiger partial charge in [0.2, 0.25) is 0 Å². The van der Waals surface area contributed by atoms with E-state index in [1.807, 2.05) is 0 Å². The molecule has 1 aliphatic carbocycles. The van der Waals surface area contributed by atoms with E-state index in [4.69, 9.17) is 5.11 Å². The molecule has 1 heterocycles. The molecule has 24 heavy (non-hydrogen) atoms. The molecule has 0 amide bonds. The predicted molar refractivity (Wildman–Crippen MR) is 88.1 cm³/mol. The molecule has 1 N–H and O–H groups in total. The van der Waals surface area contributed by atoms with Crippen LogP contribution in [0.15, 0.2) is 28.0 Å². The Bertz CT molecular complexity index is 788. The van der Waals surface area contributed by atoms with Gasteiger partial charge in [0.25, 0.3) is 0 Å². The molecule has 0 saturated heterocycles.